The maximum atomic E-state index is 11.9. The number of nitrogens with one attached hydrogen (secondary N) is 2. The second-order valence-electron chi connectivity index (χ2n) is 4.67. The molecule has 8 heteroatoms. The van der Waals surface area contributed by atoms with E-state index in [2.05, 4.69) is 42.2 Å². The van der Waals surface area contributed by atoms with Crippen LogP contribution in [0.25, 0.3) is 0 Å². The summed E-state index contributed by atoms with van der Waals surface area (Å²) in [6.07, 6.45) is 1.23. The first-order valence-electron chi connectivity index (χ1n) is 6.48. The molecule has 0 radical (unpaired) electrons. The fourth-order valence-electron chi connectivity index (χ4n) is 1.75. The van der Waals surface area contributed by atoms with Crippen molar-refractivity contribution in [1.29, 1.82) is 0 Å². The molecule has 2 aromatic rings. The van der Waals surface area contributed by atoms with Gasteiger partial charge in [-0.05, 0) is 62.5 Å². The molecule has 0 bridgehead atoms. The SMILES string of the molecule is Cc1cc(Br)c(NC(=O)COC(=O)c2ccc(=O)[nH]c2)c(Br)c1. The summed E-state index contributed by atoms with van der Waals surface area (Å²) in [5.41, 5.74) is 1.41. The molecule has 1 amide bonds. The number of H-pyrrole nitrogens is 1. The highest BCUT2D eigenvalue weighted by atomic mass is 79.9. The summed E-state index contributed by atoms with van der Waals surface area (Å²) in [5, 5.41) is 2.65. The molecule has 0 aliphatic heterocycles. The number of aromatic amines is 1. The third-order valence-corrected chi connectivity index (χ3v) is 4.06. The molecule has 23 heavy (non-hydrogen) atoms. The van der Waals surface area contributed by atoms with E-state index in [1.54, 1.807) is 0 Å². The summed E-state index contributed by atoms with van der Waals surface area (Å²) in [4.78, 5) is 36.9. The Kier molecular flexibility index (Phi) is 5.73. The highest BCUT2D eigenvalue weighted by Crippen LogP contribution is 2.32. The Labute approximate surface area is 148 Å². The topological polar surface area (TPSA) is 88.3 Å². The summed E-state index contributed by atoms with van der Waals surface area (Å²) in [7, 11) is 0. The van der Waals surface area contributed by atoms with Crippen LogP contribution in [0.4, 0.5) is 5.69 Å². The lowest BCUT2D eigenvalue weighted by molar-refractivity contribution is -0.119. The Morgan fingerprint density at radius 1 is 1.22 bits per heavy atom. The van der Waals surface area contributed by atoms with Gasteiger partial charge in [0, 0.05) is 21.2 Å². The van der Waals surface area contributed by atoms with Gasteiger partial charge in [0.2, 0.25) is 5.56 Å². The van der Waals surface area contributed by atoms with Crippen LogP contribution in [-0.4, -0.2) is 23.5 Å². The van der Waals surface area contributed by atoms with Gasteiger partial charge in [0.1, 0.15) is 0 Å². The molecular weight excluding hydrogens is 432 g/mol. The van der Waals surface area contributed by atoms with Crippen molar-refractivity contribution in [3.05, 3.63) is 60.9 Å². The van der Waals surface area contributed by atoms with Crippen LogP contribution in [0.15, 0.2) is 44.2 Å². The van der Waals surface area contributed by atoms with Crippen molar-refractivity contribution in [3.8, 4) is 0 Å². The zero-order valence-corrected chi connectivity index (χ0v) is 15.2. The number of aromatic nitrogens is 1. The van der Waals surface area contributed by atoms with E-state index in [1.165, 1.54) is 18.3 Å². The van der Waals surface area contributed by atoms with E-state index in [1.807, 2.05) is 19.1 Å². The number of ether oxygens (including phenoxy) is 1. The first-order valence-corrected chi connectivity index (χ1v) is 8.07. The van der Waals surface area contributed by atoms with Crippen molar-refractivity contribution >= 4 is 49.4 Å². The molecule has 0 aliphatic carbocycles. The normalized spacial score (nSPS) is 10.2. The third-order valence-electron chi connectivity index (χ3n) is 2.81. The summed E-state index contributed by atoms with van der Waals surface area (Å²) >= 11 is 6.73. The molecule has 2 rings (SSSR count). The Balaban J connectivity index is 1.97. The summed E-state index contributed by atoms with van der Waals surface area (Å²) in [6, 6.07) is 6.24. The van der Waals surface area contributed by atoms with Crippen LogP contribution < -0.4 is 10.9 Å². The number of aryl methyl sites for hydroxylation is 1. The van der Waals surface area contributed by atoms with Gasteiger partial charge in [0.15, 0.2) is 6.61 Å². The van der Waals surface area contributed by atoms with Crippen molar-refractivity contribution < 1.29 is 14.3 Å². The number of hydrogen-bond donors (Lipinski definition) is 2. The number of hydrogen-bond acceptors (Lipinski definition) is 4. The maximum Gasteiger partial charge on any atom is 0.340 e. The fraction of sp³-hybridized carbons (Fsp3) is 0.133. The quantitative estimate of drug-likeness (QED) is 0.711. The molecule has 6 nitrogen and oxygen atoms in total. The van der Waals surface area contributed by atoms with Crippen LogP contribution in [0.1, 0.15) is 15.9 Å². The van der Waals surface area contributed by atoms with Crippen molar-refractivity contribution in [1.82, 2.24) is 4.98 Å². The average molecular weight is 444 g/mol. The van der Waals surface area contributed by atoms with Gasteiger partial charge in [-0.15, -0.1) is 0 Å². The maximum absolute atomic E-state index is 11.9. The zero-order chi connectivity index (χ0) is 17.0. The Hall–Kier alpha value is -1.93. The number of esters is 1. The van der Waals surface area contributed by atoms with Gasteiger partial charge in [-0.2, -0.15) is 0 Å². The number of anilines is 1. The fourth-order valence-corrected chi connectivity index (χ4v) is 3.36. The number of pyridine rings is 1. The Morgan fingerprint density at radius 2 is 1.87 bits per heavy atom. The minimum absolute atomic E-state index is 0.162. The molecule has 0 unspecified atom stereocenters. The van der Waals surface area contributed by atoms with Crippen molar-refractivity contribution in [2.45, 2.75) is 6.92 Å². The standard InChI is InChI=1S/C15H12Br2N2O4/c1-8-4-10(16)14(11(17)5-8)19-13(21)7-23-15(22)9-2-3-12(20)18-6-9/h2-6H,7H2,1H3,(H,18,20)(H,19,21). The lowest BCUT2D eigenvalue weighted by Gasteiger charge is -2.11. The second-order valence-corrected chi connectivity index (χ2v) is 6.38. The lowest BCUT2D eigenvalue weighted by atomic mass is 10.2. The summed E-state index contributed by atoms with van der Waals surface area (Å²) in [5.74, 6) is -1.17. The highest BCUT2D eigenvalue weighted by molar-refractivity contribution is 9.11. The van der Waals surface area contributed by atoms with E-state index in [-0.39, 0.29) is 11.1 Å². The van der Waals surface area contributed by atoms with Crippen molar-refractivity contribution in [2.24, 2.45) is 0 Å². The molecule has 120 valence electrons. The molecule has 0 saturated heterocycles. The van der Waals surface area contributed by atoms with Gasteiger partial charge in [-0.1, -0.05) is 0 Å². The predicted octanol–water partition coefficient (Wildman–Crippen LogP) is 3.00. The first-order chi connectivity index (χ1) is 10.9. The number of halogens is 2. The van der Waals surface area contributed by atoms with Gasteiger partial charge in [0.25, 0.3) is 5.91 Å². The summed E-state index contributed by atoms with van der Waals surface area (Å²) in [6.45, 7) is 1.48. The van der Waals surface area contributed by atoms with Gasteiger partial charge in [0.05, 0.1) is 11.3 Å². The predicted molar refractivity (Wildman–Crippen MR) is 92.6 cm³/mol. The van der Waals surface area contributed by atoms with Crippen molar-refractivity contribution in [2.75, 3.05) is 11.9 Å². The molecule has 2 N–H and O–H groups in total. The minimum atomic E-state index is -0.696. The number of amides is 1. The van der Waals surface area contributed by atoms with Crippen LogP contribution in [0.5, 0.6) is 0 Å². The van der Waals surface area contributed by atoms with E-state index in [4.69, 9.17) is 4.74 Å². The monoisotopic (exact) mass is 442 g/mol. The second kappa shape index (κ2) is 7.56. The molecule has 0 saturated carbocycles. The lowest BCUT2D eigenvalue weighted by Crippen LogP contribution is -2.21. The molecule has 0 fully saturated rings. The van der Waals surface area contributed by atoms with E-state index in [0.29, 0.717) is 14.6 Å². The molecule has 1 aromatic heterocycles. The third kappa shape index (κ3) is 4.77. The molecule has 0 aliphatic rings. The number of carbonyl (C=O) groups is 2. The summed E-state index contributed by atoms with van der Waals surface area (Å²) < 4.78 is 6.33. The average Bonchev–Trinajstić information content (AvgIpc) is 2.49. The number of carbonyl (C=O) groups excluding carboxylic acids is 2. The van der Waals surface area contributed by atoms with Gasteiger partial charge in [-0.3, -0.25) is 9.59 Å². The Morgan fingerprint density at radius 3 is 2.43 bits per heavy atom. The molecule has 1 heterocycles. The van der Waals surface area contributed by atoms with Gasteiger partial charge < -0.3 is 15.0 Å². The number of rotatable bonds is 4. The van der Waals surface area contributed by atoms with E-state index < -0.39 is 18.5 Å². The smallest absolute Gasteiger partial charge is 0.340 e. The largest absolute Gasteiger partial charge is 0.452 e. The van der Waals surface area contributed by atoms with Crippen LogP contribution in [0.3, 0.4) is 0 Å². The van der Waals surface area contributed by atoms with Gasteiger partial charge in [-0.25, -0.2) is 4.79 Å². The zero-order valence-electron chi connectivity index (χ0n) is 12.0. The van der Waals surface area contributed by atoms with Crippen LogP contribution in [0.2, 0.25) is 0 Å². The molecule has 1 aromatic carbocycles. The van der Waals surface area contributed by atoms with Crippen LogP contribution in [-0.2, 0) is 9.53 Å². The van der Waals surface area contributed by atoms with E-state index in [0.717, 1.165) is 5.56 Å². The van der Waals surface area contributed by atoms with Gasteiger partial charge >= 0.3 is 5.97 Å². The first kappa shape index (κ1) is 17.4. The van der Waals surface area contributed by atoms with Crippen LogP contribution >= 0.6 is 31.9 Å². The Bertz CT molecular complexity index is 774. The van der Waals surface area contributed by atoms with Crippen molar-refractivity contribution in [3.63, 3.8) is 0 Å². The highest BCUT2D eigenvalue weighted by Gasteiger charge is 2.13. The van der Waals surface area contributed by atoms with Crippen LogP contribution in [0, 0.1) is 6.92 Å². The van der Waals surface area contributed by atoms with E-state index in [9.17, 15) is 14.4 Å². The molecular formula is C15H12Br2N2O4. The van der Waals surface area contributed by atoms with E-state index >= 15 is 0 Å². The molecule has 0 atom stereocenters. The molecule has 0 spiro atoms. The number of benzene rings is 1. The minimum Gasteiger partial charge on any atom is -0.452 e.